The molecule has 2 heteroatoms. The number of hydrogen-bond donors (Lipinski definition) is 1. The molecule has 106 valence electrons. The fraction of sp³-hybridized carbons (Fsp3) is 0.647. The van der Waals surface area contributed by atoms with Crippen LogP contribution in [0.3, 0.4) is 0 Å². The van der Waals surface area contributed by atoms with Crippen LogP contribution in [0.4, 0.5) is 0 Å². The minimum Gasteiger partial charge on any atom is -0.314 e. The highest BCUT2D eigenvalue weighted by Crippen LogP contribution is 2.17. The van der Waals surface area contributed by atoms with E-state index in [1.54, 1.807) is 0 Å². The van der Waals surface area contributed by atoms with Gasteiger partial charge < -0.3 is 10.2 Å². The van der Waals surface area contributed by atoms with E-state index in [4.69, 9.17) is 0 Å². The first-order valence-electron chi connectivity index (χ1n) is 7.55. The molecule has 1 aliphatic heterocycles. The standard InChI is InChI=1S/C17H28N2/c1-13-10-15(3)16(11-14(13)2)12-19(4)9-7-17-6-5-8-18-17/h10-11,17-18H,5-9,12H2,1-4H3. The van der Waals surface area contributed by atoms with Gasteiger partial charge in [-0.15, -0.1) is 0 Å². The lowest BCUT2D eigenvalue weighted by Gasteiger charge is -2.21. The van der Waals surface area contributed by atoms with Crippen molar-refractivity contribution in [2.45, 2.75) is 52.6 Å². The predicted molar refractivity (Wildman–Crippen MR) is 82.6 cm³/mol. The number of aryl methyl sites for hydroxylation is 3. The molecule has 1 heterocycles. The number of nitrogens with zero attached hydrogens (tertiary/aromatic N) is 1. The van der Waals surface area contributed by atoms with Gasteiger partial charge in [0.15, 0.2) is 0 Å². The van der Waals surface area contributed by atoms with Crippen molar-refractivity contribution >= 4 is 0 Å². The van der Waals surface area contributed by atoms with E-state index in [0.717, 1.165) is 12.6 Å². The van der Waals surface area contributed by atoms with Crippen LogP contribution in [0.25, 0.3) is 0 Å². The molecule has 2 nitrogen and oxygen atoms in total. The summed E-state index contributed by atoms with van der Waals surface area (Å²) in [5.74, 6) is 0. The molecule has 19 heavy (non-hydrogen) atoms. The third-order valence-corrected chi connectivity index (χ3v) is 4.41. The Labute approximate surface area is 118 Å². The predicted octanol–water partition coefficient (Wildman–Crippen LogP) is 3.19. The monoisotopic (exact) mass is 260 g/mol. The van der Waals surface area contributed by atoms with Gasteiger partial charge in [0, 0.05) is 12.6 Å². The molecular formula is C17H28N2. The molecule has 1 N–H and O–H groups in total. The molecule has 0 saturated carbocycles. The highest BCUT2D eigenvalue weighted by Gasteiger charge is 2.14. The molecule has 1 aromatic carbocycles. The quantitative estimate of drug-likeness (QED) is 0.874. The van der Waals surface area contributed by atoms with Crippen LogP contribution >= 0.6 is 0 Å². The fourth-order valence-corrected chi connectivity index (χ4v) is 2.94. The third kappa shape index (κ3) is 4.05. The molecular weight excluding hydrogens is 232 g/mol. The first-order chi connectivity index (χ1) is 9.06. The molecule has 0 amide bonds. The summed E-state index contributed by atoms with van der Waals surface area (Å²) in [6.07, 6.45) is 3.99. The summed E-state index contributed by atoms with van der Waals surface area (Å²) in [6.45, 7) is 10.1. The summed E-state index contributed by atoms with van der Waals surface area (Å²) in [4.78, 5) is 2.46. The maximum atomic E-state index is 3.58. The van der Waals surface area contributed by atoms with E-state index in [0.29, 0.717) is 0 Å². The van der Waals surface area contributed by atoms with Gasteiger partial charge in [-0.1, -0.05) is 12.1 Å². The molecule has 1 aromatic rings. The lowest BCUT2D eigenvalue weighted by atomic mass is 10.0. The lowest BCUT2D eigenvalue weighted by Crippen LogP contribution is -2.28. The van der Waals surface area contributed by atoms with Gasteiger partial charge in [-0.2, -0.15) is 0 Å². The van der Waals surface area contributed by atoms with Crippen molar-refractivity contribution in [2.75, 3.05) is 20.1 Å². The Morgan fingerprint density at radius 3 is 2.58 bits per heavy atom. The van der Waals surface area contributed by atoms with Crippen molar-refractivity contribution in [1.29, 1.82) is 0 Å². The van der Waals surface area contributed by atoms with Crippen LogP contribution in [-0.4, -0.2) is 31.1 Å². The average molecular weight is 260 g/mol. The first-order valence-corrected chi connectivity index (χ1v) is 7.55. The number of rotatable bonds is 5. The van der Waals surface area contributed by atoms with Gasteiger partial charge in [0.2, 0.25) is 0 Å². The highest BCUT2D eigenvalue weighted by molar-refractivity contribution is 5.36. The smallest absolute Gasteiger partial charge is 0.0233 e. The zero-order valence-electron chi connectivity index (χ0n) is 12.9. The summed E-state index contributed by atoms with van der Waals surface area (Å²) in [7, 11) is 2.24. The lowest BCUT2D eigenvalue weighted by molar-refractivity contribution is 0.305. The molecule has 2 rings (SSSR count). The van der Waals surface area contributed by atoms with Crippen LogP contribution in [0.2, 0.25) is 0 Å². The normalized spacial score (nSPS) is 19.3. The summed E-state index contributed by atoms with van der Waals surface area (Å²) in [6, 6.07) is 5.43. The Morgan fingerprint density at radius 2 is 1.89 bits per heavy atom. The second kappa shape index (κ2) is 6.53. The Bertz CT molecular complexity index is 420. The van der Waals surface area contributed by atoms with Gasteiger partial charge in [-0.05, 0) is 82.4 Å². The van der Waals surface area contributed by atoms with Crippen molar-refractivity contribution in [3.8, 4) is 0 Å². The average Bonchev–Trinajstić information content (AvgIpc) is 2.86. The molecule has 1 unspecified atom stereocenters. The van der Waals surface area contributed by atoms with Crippen LogP contribution in [0, 0.1) is 20.8 Å². The molecule has 0 aliphatic carbocycles. The second-order valence-electron chi connectivity index (χ2n) is 6.18. The zero-order chi connectivity index (χ0) is 13.8. The van der Waals surface area contributed by atoms with E-state index in [2.05, 4.69) is 50.2 Å². The first kappa shape index (κ1) is 14.5. The summed E-state index contributed by atoms with van der Waals surface area (Å²) < 4.78 is 0. The van der Waals surface area contributed by atoms with Crippen molar-refractivity contribution in [3.63, 3.8) is 0 Å². The van der Waals surface area contributed by atoms with Crippen LogP contribution in [-0.2, 0) is 6.54 Å². The molecule has 1 atom stereocenters. The van der Waals surface area contributed by atoms with Crippen molar-refractivity contribution in [2.24, 2.45) is 0 Å². The van der Waals surface area contributed by atoms with E-state index in [-0.39, 0.29) is 0 Å². The highest BCUT2D eigenvalue weighted by atomic mass is 15.1. The zero-order valence-corrected chi connectivity index (χ0v) is 12.9. The Hall–Kier alpha value is -0.860. The second-order valence-corrected chi connectivity index (χ2v) is 6.18. The summed E-state index contributed by atoms with van der Waals surface area (Å²) >= 11 is 0. The largest absolute Gasteiger partial charge is 0.314 e. The van der Waals surface area contributed by atoms with Gasteiger partial charge in [0.25, 0.3) is 0 Å². The van der Waals surface area contributed by atoms with E-state index in [1.165, 1.54) is 54.6 Å². The maximum absolute atomic E-state index is 3.58. The molecule has 0 spiro atoms. The van der Waals surface area contributed by atoms with Gasteiger partial charge in [0.05, 0.1) is 0 Å². The number of hydrogen-bond acceptors (Lipinski definition) is 2. The minimum absolute atomic E-state index is 0.753. The molecule has 1 fully saturated rings. The third-order valence-electron chi connectivity index (χ3n) is 4.41. The Balaban J connectivity index is 1.87. The summed E-state index contributed by atoms with van der Waals surface area (Å²) in [5.41, 5.74) is 5.71. The summed E-state index contributed by atoms with van der Waals surface area (Å²) in [5, 5.41) is 3.58. The van der Waals surface area contributed by atoms with E-state index >= 15 is 0 Å². The van der Waals surface area contributed by atoms with Crippen LogP contribution in [0.15, 0.2) is 12.1 Å². The number of nitrogens with one attached hydrogen (secondary N) is 1. The number of benzene rings is 1. The molecule has 0 radical (unpaired) electrons. The van der Waals surface area contributed by atoms with Crippen LogP contribution in [0.1, 0.15) is 41.5 Å². The van der Waals surface area contributed by atoms with E-state index in [1.807, 2.05) is 0 Å². The van der Waals surface area contributed by atoms with Gasteiger partial charge >= 0.3 is 0 Å². The minimum atomic E-state index is 0.753. The van der Waals surface area contributed by atoms with Gasteiger partial charge in [0.1, 0.15) is 0 Å². The maximum Gasteiger partial charge on any atom is 0.0233 e. The molecule has 1 saturated heterocycles. The molecule has 0 bridgehead atoms. The Morgan fingerprint density at radius 1 is 1.16 bits per heavy atom. The SMILES string of the molecule is Cc1cc(C)c(CN(C)CCC2CCCN2)cc1C. The topological polar surface area (TPSA) is 15.3 Å². The van der Waals surface area contributed by atoms with E-state index < -0.39 is 0 Å². The van der Waals surface area contributed by atoms with E-state index in [9.17, 15) is 0 Å². The fourth-order valence-electron chi connectivity index (χ4n) is 2.94. The van der Waals surface area contributed by atoms with Crippen molar-refractivity contribution < 1.29 is 0 Å². The van der Waals surface area contributed by atoms with Gasteiger partial charge in [-0.3, -0.25) is 0 Å². The van der Waals surface area contributed by atoms with Crippen molar-refractivity contribution in [3.05, 3.63) is 34.4 Å². The van der Waals surface area contributed by atoms with Crippen LogP contribution < -0.4 is 5.32 Å². The molecule has 0 aromatic heterocycles. The van der Waals surface area contributed by atoms with Crippen molar-refractivity contribution in [1.82, 2.24) is 10.2 Å². The van der Waals surface area contributed by atoms with Gasteiger partial charge in [-0.25, -0.2) is 0 Å². The van der Waals surface area contributed by atoms with Crippen LogP contribution in [0.5, 0.6) is 0 Å². The Kier molecular flexibility index (Phi) is 5.00. The molecule has 1 aliphatic rings.